The number of amides is 1. The lowest BCUT2D eigenvalue weighted by Crippen LogP contribution is -2.15. The molecule has 3 rings (SSSR count). The van der Waals surface area contributed by atoms with Crippen LogP contribution in [0.4, 0.5) is 5.88 Å². The first-order chi connectivity index (χ1) is 12.9. The van der Waals surface area contributed by atoms with Gasteiger partial charge < -0.3 is 13.7 Å². The van der Waals surface area contributed by atoms with E-state index in [0.717, 1.165) is 16.3 Å². The van der Waals surface area contributed by atoms with Crippen molar-refractivity contribution in [3.63, 3.8) is 0 Å². The number of aromatic nitrogens is 1. The maximum atomic E-state index is 12.3. The third-order valence-corrected chi connectivity index (χ3v) is 4.73. The number of carbonyl (C=O) groups excluding carboxylic acids is 2. The van der Waals surface area contributed by atoms with E-state index in [4.69, 9.17) is 9.15 Å². The summed E-state index contributed by atoms with van der Waals surface area (Å²) >= 11 is 1.23. The molecular weight excluding hydrogens is 374 g/mol. The normalized spacial score (nSPS) is 11.7. The van der Waals surface area contributed by atoms with Crippen molar-refractivity contribution in [2.24, 2.45) is 4.99 Å². The third kappa shape index (κ3) is 3.65. The summed E-state index contributed by atoms with van der Waals surface area (Å²) in [5.41, 5.74) is 1.22. The van der Waals surface area contributed by atoms with Crippen LogP contribution in [0.2, 0.25) is 0 Å². The van der Waals surface area contributed by atoms with Crippen LogP contribution >= 0.6 is 11.3 Å². The van der Waals surface area contributed by atoms with Crippen LogP contribution in [0.3, 0.4) is 0 Å². The number of hydrogen-bond acceptors (Lipinski definition) is 7. The zero-order chi connectivity index (χ0) is 19.6. The highest BCUT2D eigenvalue weighted by molar-refractivity contribution is 7.16. The van der Waals surface area contributed by atoms with Crippen molar-refractivity contribution in [2.45, 2.75) is 20.4 Å². The molecule has 3 aromatic rings. The number of rotatable bonds is 5. The summed E-state index contributed by atoms with van der Waals surface area (Å²) in [5, 5.41) is 10.7. The van der Waals surface area contributed by atoms with Gasteiger partial charge in [0.2, 0.25) is 5.76 Å². The summed E-state index contributed by atoms with van der Waals surface area (Å²) in [6, 6.07) is 7.43. The van der Waals surface area contributed by atoms with Gasteiger partial charge in [0.15, 0.2) is 4.80 Å². The average molecular weight is 389 g/mol. The molecule has 140 valence electrons. The van der Waals surface area contributed by atoms with Gasteiger partial charge in [0.1, 0.15) is 4.92 Å². The van der Waals surface area contributed by atoms with Gasteiger partial charge >= 0.3 is 17.8 Å². The second-order valence-electron chi connectivity index (χ2n) is 5.34. The first-order valence-corrected chi connectivity index (χ1v) is 8.90. The van der Waals surface area contributed by atoms with Crippen LogP contribution in [-0.4, -0.2) is 28.0 Å². The number of nitro groups is 1. The lowest BCUT2D eigenvalue weighted by atomic mass is 10.2. The van der Waals surface area contributed by atoms with Gasteiger partial charge in [-0.3, -0.25) is 14.9 Å². The fraction of sp³-hybridized carbons (Fsp3) is 0.235. The molecule has 0 saturated carbocycles. The number of fused-ring (bicyclic) bond motifs is 1. The summed E-state index contributed by atoms with van der Waals surface area (Å²) in [5.74, 6) is -1.88. The standard InChI is InChI=1S/C17H15N3O6S/c1-3-19-11-6-5-10(16(22)25-4-2)9-13(11)27-17(19)18-15(21)12-7-8-14(26-12)20(23)24/h5-9H,3-4H2,1-2H3. The van der Waals surface area contributed by atoms with Crippen LogP contribution in [0, 0.1) is 10.1 Å². The van der Waals surface area contributed by atoms with E-state index in [1.165, 1.54) is 17.4 Å². The molecule has 0 aliphatic heterocycles. The Labute approximate surface area is 156 Å². The second kappa shape index (κ2) is 7.54. The minimum absolute atomic E-state index is 0.214. The fourth-order valence-electron chi connectivity index (χ4n) is 2.49. The third-order valence-electron chi connectivity index (χ3n) is 3.69. The number of carbonyl (C=O) groups is 2. The van der Waals surface area contributed by atoms with E-state index >= 15 is 0 Å². The summed E-state index contributed by atoms with van der Waals surface area (Å²) in [4.78, 5) is 38.6. The van der Waals surface area contributed by atoms with Crippen molar-refractivity contribution in [1.29, 1.82) is 0 Å². The van der Waals surface area contributed by atoms with Crippen LogP contribution in [0.5, 0.6) is 0 Å². The zero-order valence-electron chi connectivity index (χ0n) is 14.5. The molecule has 2 aromatic heterocycles. The van der Waals surface area contributed by atoms with E-state index in [0.29, 0.717) is 16.9 Å². The molecule has 0 saturated heterocycles. The Kier molecular flexibility index (Phi) is 5.17. The number of esters is 1. The van der Waals surface area contributed by atoms with Gasteiger partial charge in [-0.25, -0.2) is 4.79 Å². The Bertz CT molecular complexity index is 1110. The van der Waals surface area contributed by atoms with Crippen molar-refractivity contribution >= 4 is 39.3 Å². The van der Waals surface area contributed by atoms with Crippen molar-refractivity contribution in [2.75, 3.05) is 6.61 Å². The molecule has 0 atom stereocenters. The molecule has 0 fully saturated rings. The van der Waals surface area contributed by atoms with Gasteiger partial charge in [-0.2, -0.15) is 4.99 Å². The molecule has 10 heteroatoms. The Hall–Kier alpha value is -3.27. The van der Waals surface area contributed by atoms with E-state index in [9.17, 15) is 19.7 Å². The number of nitrogens with zero attached hydrogens (tertiary/aromatic N) is 3. The topological polar surface area (TPSA) is 117 Å². The minimum atomic E-state index is -0.723. The van der Waals surface area contributed by atoms with Crippen LogP contribution in [-0.2, 0) is 11.3 Å². The van der Waals surface area contributed by atoms with E-state index in [2.05, 4.69) is 4.99 Å². The smallest absolute Gasteiger partial charge is 0.433 e. The van der Waals surface area contributed by atoms with Gasteiger partial charge in [-0.05, 0) is 38.1 Å². The van der Waals surface area contributed by atoms with Gasteiger partial charge in [-0.1, -0.05) is 11.3 Å². The van der Waals surface area contributed by atoms with Crippen LogP contribution in [0.15, 0.2) is 39.7 Å². The molecule has 0 bridgehead atoms. The quantitative estimate of drug-likeness (QED) is 0.376. The molecular formula is C17H15N3O6S. The molecule has 1 amide bonds. The monoisotopic (exact) mass is 389 g/mol. The lowest BCUT2D eigenvalue weighted by Gasteiger charge is -2.03. The molecule has 0 spiro atoms. The Morgan fingerprint density at radius 1 is 1.30 bits per heavy atom. The van der Waals surface area contributed by atoms with Crippen molar-refractivity contribution in [3.8, 4) is 0 Å². The molecule has 27 heavy (non-hydrogen) atoms. The molecule has 0 aliphatic rings. The van der Waals surface area contributed by atoms with Gasteiger partial charge in [0, 0.05) is 6.54 Å². The van der Waals surface area contributed by atoms with Gasteiger partial charge in [0.25, 0.3) is 0 Å². The molecule has 0 unspecified atom stereocenters. The highest BCUT2D eigenvalue weighted by Gasteiger charge is 2.18. The number of hydrogen-bond donors (Lipinski definition) is 0. The number of benzene rings is 1. The first-order valence-electron chi connectivity index (χ1n) is 8.08. The number of aryl methyl sites for hydroxylation is 1. The second-order valence-corrected chi connectivity index (χ2v) is 6.35. The fourth-order valence-corrected chi connectivity index (χ4v) is 3.62. The molecule has 0 aliphatic carbocycles. The maximum absolute atomic E-state index is 12.3. The summed E-state index contributed by atoms with van der Waals surface area (Å²) in [6.07, 6.45) is 0. The SMILES string of the molecule is CCOC(=O)c1ccc2c(c1)sc(=NC(=O)c1ccc([N+](=O)[O-])o1)n2CC. The highest BCUT2D eigenvalue weighted by atomic mass is 32.1. The van der Waals surface area contributed by atoms with Crippen molar-refractivity contribution < 1.29 is 23.7 Å². The average Bonchev–Trinajstić information content (AvgIpc) is 3.26. The van der Waals surface area contributed by atoms with E-state index in [1.54, 1.807) is 25.1 Å². The first kappa shape index (κ1) is 18.5. The predicted octanol–water partition coefficient (Wildman–Crippen LogP) is 3.14. The lowest BCUT2D eigenvalue weighted by molar-refractivity contribution is -0.402. The predicted molar refractivity (Wildman–Crippen MR) is 96.7 cm³/mol. The van der Waals surface area contributed by atoms with Crippen LogP contribution in [0.25, 0.3) is 10.2 Å². The molecule has 1 aromatic carbocycles. The van der Waals surface area contributed by atoms with Crippen LogP contribution in [0.1, 0.15) is 34.8 Å². The van der Waals surface area contributed by atoms with Crippen molar-refractivity contribution in [1.82, 2.24) is 4.57 Å². The van der Waals surface area contributed by atoms with Crippen LogP contribution < -0.4 is 4.80 Å². The number of furan rings is 1. The van der Waals surface area contributed by atoms with E-state index in [1.807, 2.05) is 11.5 Å². The van der Waals surface area contributed by atoms with E-state index < -0.39 is 22.7 Å². The zero-order valence-corrected chi connectivity index (χ0v) is 15.3. The van der Waals surface area contributed by atoms with E-state index in [-0.39, 0.29) is 12.4 Å². The molecule has 2 heterocycles. The molecule has 9 nitrogen and oxygen atoms in total. The minimum Gasteiger partial charge on any atom is -0.462 e. The molecule has 0 N–H and O–H groups in total. The summed E-state index contributed by atoms with van der Waals surface area (Å²) < 4.78 is 12.5. The Morgan fingerprint density at radius 2 is 2.07 bits per heavy atom. The molecule has 0 radical (unpaired) electrons. The maximum Gasteiger partial charge on any atom is 0.433 e. The van der Waals surface area contributed by atoms with Crippen molar-refractivity contribution in [3.05, 3.63) is 56.6 Å². The Balaban J connectivity index is 2.04. The summed E-state index contributed by atoms with van der Waals surface area (Å²) in [6.45, 7) is 4.45. The number of ether oxygens (including phenoxy) is 1. The number of thiazole rings is 1. The summed E-state index contributed by atoms with van der Waals surface area (Å²) in [7, 11) is 0. The largest absolute Gasteiger partial charge is 0.462 e. The highest BCUT2D eigenvalue weighted by Crippen LogP contribution is 2.21. The Morgan fingerprint density at radius 3 is 2.70 bits per heavy atom. The van der Waals surface area contributed by atoms with Gasteiger partial charge in [0.05, 0.1) is 28.5 Å². The van der Waals surface area contributed by atoms with Gasteiger partial charge in [-0.15, -0.1) is 0 Å².